The van der Waals surface area contributed by atoms with Crippen molar-refractivity contribution in [2.75, 3.05) is 26.2 Å². The fourth-order valence-electron chi connectivity index (χ4n) is 2.25. The number of hydrogen-bond acceptors (Lipinski definition) is 4. The second kappa shape index (κ2) is 9.20. The summed E-state index contributed by atoms with van der Waals surface area (Å²) in [6.07, 6.45) is 2.83. The van der Waals surface area contributed by atoms with Gasteiger partial charge in [-0.25, -0.2) is 4.98 Å². The van der Waals surface area contributed by atoms with Gasteiger partial charge >= 0.3 is 0 Å². The van der Waals surface area contributed by atoms with Gasteiger partial charge in [0.1, 0.15) is 10.8 Å². The Labute approximate surface area is 136 Å². The van der Waals surface area contributed by atoms with Gasteiger partial charge in [-0.05, 0) is 37.9 Å². The molecule has 0 aliphatic carbocycles. The summed E-state index contributed by atoms with van der Waals surface area (Å²) in [5, 5.41) is 0.343. The minimum absolute atomic E-state index is 0. The second-order valence-corrected chi connectivity index (χ2v) is 5.24. The molecule has 1 aliphatic rings. The molecule has 2 heterocycles. The minimum atomic E-state index is -0.0621. The van der Waals surface area contributed by atoms with Crippen LogP contribution in [0.15, 0.2) is 18.2 Å². The molecule has 7 heteroatoms. The molecule has 1 aliphatic heterocycles. The van der Waals surface area contributed by atoms with E-state index in [4.69, 9.17) is 22.1 Å². The summed E-state index contributed by atoms with van der Waals surface area (Å²) in [5.74, 6) is -0.0621. The van der Waals surface area contributed by atoms with Gasteiger partial charge in [-0.3, -0.25) is 4.79 Å². The fourth-order valence-corrected chi connectivity index (χ4v) is 2.41. The number of aromatic nitrogens is 1. The number of nitrogens with two attached hydrogens (primary N) is 1. The Hall–Kier alpha value is -0.880. The summed E-state index contributed by atoms with van der Waals surface area (Å²) in [7, 11) is 0. The van der Waals surface area contributed by atoms with E-state index in [1.165, 1.54) is 0 Å². The molecule has 0 atom stereocenters. The molecule has 1 amide bonds. The van der Waals surface area contributed by atoms with E-state index in [-0.39, 0.29) is 24.4 Å². The Morgan fingerprint density at radius 2 is 2.14 bits per heavy atom. The monoisotopic (exact) mass is 333 g/mol. The molecule has 0 radical (unpaired) electrons. The van der Waals surface area contributed by atoms with Gasteiger partial charge in [0.25, 0.3) is 5.91 Å². The SMILES string of the molecule is Cl.NCCCOC1CCN(C(=O)c2cccc(Cl)n2)CC1. The van der Waals surface area contributed by atoms with E-state index in [1.807, 2.05) is 0 Å². The molecule has 0 saturated carbocycles. The third-order valence-electron chi connectivity index (χ3n) is 3.37. The molecule has 5 nitrogen and oxygen atoms in total. The van der Waals surface area contributed by atoms with Gasteiger partial charge in [-0.1, -0.05) is 17.7 Å². The molecule has 1 saturated heterocycles. The van der Waals surface area contributed by atoms with Crippen molar-refractivity contribution in [1.29, 1.82) is 0 Å². The van der Waals surface area contributed by atoms with Crippen LogP contribution in [-0.4, -0.2) is 48.1 Å². The minimum Gasteiger partial charge on any atom is -0.378 e. The van der Waals surface area contributed by atoms with Gasteiger partial charge in [-0.2, -0.15) is 0 Å². The predicted octanol–water partition coefficient (Wildman–Crippen LogP) is 2.13. The average Bonchev–Trinajstić information content (AvgIpc) is 2.47. The Kier molecular flexibility index (Phi) is 7.96. The standard InChI is InChI=1S/C14H20ClN3O2.ClH/c15-13-4-1-3-12(17-13)14(19)18-8-5-11(6-9-18)20-10-2-7-16;/h1,3-4,11H,2,5-10,16H2;1H. The van der Waals surface area contributed by atoms with Crippen molar-refractivity contribution in [3.63, 3.8) is 0 Å². The summed E-state index contributed by atoms with van der Waals surface area (Å²) in [5.41, 5.74) is 5.83. The third kappa shape index (κ3) is 5.43. The molecule has 2 N–H and O–H groups in total. The lowest BCUT2D eigenvalue weighted by molar-refractivity contribution is 0.00829. The number of carbonyl (C=O) groups excluding carboxylic acids is 1. The first kappa shape index (κ1) is 18.2. The lowest BCUT2D eigenvalue weighted by Gasteiger charge is -2.31. The number of pyridine rings is 1. The molecular formula is C14H21Cl2N3O2. The fraction of sp³-hybridized carbons (Fsp3) is 0.571. The van der Waals surface area contributed by atoms with Crippen molar-refractivity contribution >= 4 is 29.9 Å². The molecule has 1 aromatic heterocycles. The van der Waals surface area contributed by atoms with E-state index >= 15 is 0 Å². The van der Waals surface area contributed by atoms with E-state index < -0.39 is 0 Å². The maximum Gasteiger partial charge on any atom is 0.272 e. The van der Waals surface area contributed by atoms with E-state index in [1.54, 1.807) is 23.1 Å². The van der Waals surface area contributed by atoms with Crippen LogP contribution in [0.3, 0.4) is 0 Å². The van der Waals surface area contributed by atoms with Crippen molar-refractivity contribution < 1.29 is 9.53 Å². The molecule has 0 spiro atoms. The number of likely N-dealkylation sites (tertiary alicyclic amines) is 1. The van der Waals surface area contributed by atoms with Gasteiger partial charge in [0.15, 0.2) is 0 Å². The smallest absolute Gasteiger partial charge is 0.272 e. The molecule has 0 bridgehead atoms. The lowest BCUT2D eigenvalue weighted by atomic mass is 10.1. The van der Waals surface area contributed by atoms with Crippen LogP contribution in [0.25, 0.3) is 0 Å². The Bertz CT molecular complexity index is 452. The average molecular weight is 334 g/mol. The van der Waals surface area contributed by atoms with Crippen LogP contribution in [0.2, 0.25) is 5.15 Å². The van der Waals surface area contributed by atoms with Crippen molar-refractivity contribution in [3.8, 4) is 0 Å². The van der Waals surface area contributed by atoms with Gasteiger partial charge < -0.3 is 15.4 Å². The highest BCUT2D eigenvalue weighted by atomic mass is 35.5. The van der Waals surface area contributed by atoms with E-state index in [0.717, 1.165) is 19.3 Å². The number of ether oxygens (including phenoxy) is 1. The number of rotatable bonds is 5. The van der Waals surface area contributed by atoms with Crippen LogP contribution in [0.1, 0.15) is 29.8 Å². The molecular weight excluding hydrogens is 313 g/mol. The van der Waals surface area contributed by atoms with Crippen LogP contribution < -0.4 is 5.73 Å². The predicted molar refractivity (Wildman–Crippen MR) is 85.0 cm³/mol. The molecule has 118 valence electrons. The van der Waals surface area contributed by atoms with Gasteiger partial charge in [-0.15, -0.1) is 12.4 Å². The highest BCUT2D eigenvalue weighted by Gasteiger charge is 2.24. The topological polar surface area (TPSA) is 68.5 Å². The zero-order valence-corrected chi connectivity index (χ0v) is 13.4. The van der Waals surface area contributed by atoms with E-state index in [0.29, 0.717) is 37.1 Å². The summed E-state index contributed by atoms with van der Waals surface area (Å²) in [6, 6.07) is 5.10. The number of nitrogens with zero attached hydrogens (tertiary/aromatic N) is 2. The quantitative estimate of drug-likeness (QED) is 0.662. The first-order chi connectivity index (χ1) is 9.70. The highest BCUT2D eigenvalue weighted by Crippen LogP contribution is 2.16. The Balaban J connectivity index is 0.00000220. The van der Waals surface area contributed by atoms with Crippen molar-refractivity contribution in [2.24, 2.45) is 5.73 Å². The Morgan fingerprint density at radius 3 is 2.76 bits per heavy atom. The van der Waals surface area contributed by atoms with Crippen molar-refractivity contribution in [1.82, 2.24) is 9.88 Å². The summed E-state index contributed by atoms with van der Waals surface area (Å²) in [6.45, 7) is 2.74. The molecule has 2 rings (SSSR count). The van der Waals surface area contributed by atoms with Crippen LogP contribution in [0.4, 0.5) is 0 Å². The number of halogens is 2. The molecule has 21 heavy (non-hydrogen) atoms. The molecule has 0 unspecified atom stereocenters. The van der Waals surface area contributed by atoms with Crippen LogP contribution in [-0.2, 0) is 4.74 Å². The van der Waals surface area contributed by atoms with Crippen LogP contribution >= 0.6 is 24.0 Å². The maximum absolute atomic E-state index is 12.3. The summed E-state index contributed by atoms with van der Waals surface area (Å²) < 4.78 is 5.72. The van der Waals surface area contributed by atoms with Gasteiger partial charge in [0, 0.05) is 19.7 Å². The number of piperidine rings is 1. The Morgan fingerprint density at radius 1 is 1.43 bits per heavy atom. The second-order valence-electron chi connectivity index (χ2n) is 4.85. The van der Waals surface area contributed by atoms with Gasteiger partial charge in [0.05, 0.1) is 6.10 Å². The lowest BCUT2D eigenvalue weighted by Crippen LogP contribution is -2.41. The largest absolute Gasteiger partial charge is 0.378 e. The number of hydrogen-bond donors (Lipinski definition) is 1. The van der Waals surface area contributed by atoms with Crippen molar-refractivity contribution in [3.05, 3.63) is 29.0 Å². The van der Waals surface area contributed by atoms with E-state index in [2.05, 4.69) is 4.98 Å². The van der Waals surface area contributed by atoms with Crippen LogP contribution in [0.5, 0.6) is 0 Å². The normalized spacial score (nSPS) is 15.6. The highest BCUT2D eigenvalue weighted by molar-refractivity contribution is 6.29. The maximum atomic E-state index is 12.3. The first-order valence-electron chi connectivity index (χ1n) is 6.94. The van der Waals surface area contributed by atoms with Gasteiger partial charge in [0.2, 0.25) is 0 Å². The van der Waals surface area contributed by atoms with E-state index in [9.17, 15) is 4.79 Å². The molecule has 1 aromatic rings. The third-order valence-corrected chi connectivity index (χ3v) is 3.58. The van der Waals surface area contributed by atoms with Crippen LogP contribution in [0, 0.1) is 0 Å². The number of carbonyl (C=O) groups is 1. The molecule has 1 fully saturated rings. The zero-order valence-electron chi connectivity index (χ0n) is 11.8. The zero-order chi connectivity index (χ0) is 14.4. The molecule has 0 aromatic carbocycles. The van der Waals surface area contributed by atoms with Crippen molar-refractivity contribution in [2.45, 2.75) is 25.4 Å². The first-order valence-corrected chi connectivity index (χ1v) is 7.32. The summed E-state index contributed by atoms with van der Waals surface area (Å²) in [4.78, 5) is 18.1. The number of amides is 1. The summed E-state index contributed by atoms with van der Waals surface area (Å²) >= 11 is 5.81.